The minimum Gasteiger partial charge on any atom is -0.476 e. The van der Waals surface area contributed by atoms with Gasteiger partial charge < -0.3 is 5.11 Å². The first-order chi connectivity index (χ1) is 6.20. The van der Waals surface area contributed by atoms with Crippen LogP contribution in [0.5, 0.6) is 0 Å². The number of aromatic carboxylic acids is 1. The Hall–Kier alpha value is -1.43. The molecule has 0 saturated carbocycles. The molecule has 0 saturated heterocycles. The molecule has 0 unspecified atom stereocenters. The summed E-state index contributed by atoms with van der Waals surface area (Å²) in [4.78, 5) is 14.5. The van der Waals surface area contributed by atoms with Crippen molar-refractivity contribution in [2.75, 3.05) is 0 Å². The number of hydrogen-bond acceptors (Lipinski definition) is 3. The fourth-order valence-electron chi connectivity index (χ4n) is 1.06. The van der Waals surface area contributed by atoms with Gasteiger partial charge in [0.05, 0.1) is 10.7 Å². The highest BCUT2D eigenvalue weighted by Gasteiger charge is 2.13. The summed E-state index contributed by atoms with van der Waals surface area (Å²) < 4.78 is 2.08. The summed E-state index contributed by atoms with van der Waals surface area (Å²) in [6.45, 7) is 0. The van der Waals surface area contributed by atoms with Crippen molar-refractivity contribution in [1.82, 2.24) is 14.6 Å². The molecule has 0 radical (unpaired) electrons. The van der Waals surface area contributed by atoms with E-state index in [9.17, 15) is 4.79 Å². The molecule has 0 amide bonds. The van der Waals surface area contributed by atoms with Gasteiger partial charge in [0.25, 0.3) is 0 Å². The zero-order chi connectivity index (χ0) is 9.42. The van der Waals surface area contributed by atoms with Crippen molar-refractivity contribution in [2.24, 2.45) is 0 Å². The van der Waals surface area contributed by atoms with Crippen LogP contribution < -0.4 is 0 Å². The summed E-state index contributed by atoms with van der Waals surface area (Å²) in [6, 6.07) is 0. The molecule has 0 aliphatic carbocycles. The first kappa shape index (κ1) is 8.18. The minimum absolute atomic E-state index is 0.00752. The van der Waals surface area contributed by atoms with E-state index in [1.807, 2.05) is 0 Å². The Labute approximate surface area is 81.1 Å². The Balaban J connectivity index is 2.88. The van der Waals surface area contributed by atoms with Crippen LogP contribution in [-0.4, -0.2) is 25.7 Å². The smallest absolute Gasteiger partial charge is 0.356 e. The Morgan fingerprint density at radius 1 is 1.62 bits per heavy atom. The molecule has 2 aromatic heterocycles. The van der Waals surface area contributed by atoms with Gasteiger partial charge in [-0.25, -0.2) is 14.3 Å². The summed E-state index contributed by atoms with van der Waals surface area (Å²) in [5.41, 5.74) is 0.460. The lowest BCUT2D eigenvalue weighted by Gasteiger charge is -1.96. The van der Waals surface area contributed by atoms with Crippen molar-refractivity contribution in [3.05, 3.63) is 28.8 Å². The van der Waals surface area contributed by atoms with Gasteiger partial charge in [-0.3, -0.25) is 0 Å². The van der Waals surface area contributed by atoms with Crippen molar-refractivity contribution in [3.8, 4) is 0 Å². The third-order valence-corrected chi connectivity index (χ3v) is 2.17. The molecule has 0 aromatic carbocycles. The number of fused-ring (bicyclic) bond motifs is 1. The highest BCUT2D eigenvalue weighted by Crippen LogP contribution is 2.19. The lowest BCUT2D eigenvalue weighted by Crippen LogP contribution is -2.03. The lowest BCUT2D eigenvalue weighted by atomic mass is 10.3. The van der Waals surface area contributed by atoms with Crippen molar-refractivity contribution in [1.29, 1.82) is 0 Å². The Kier molecular flexibility index (Phi) is 1.77. The zero-order valence-electron chi connectivity index (χ0n) is 6.31. The van der Waals surface area contributed by atoms with E-state index in [0.717, 1.165) is 0 Å². The molecule has 0 bridgehead atoms. The number of hydrogen-bond donors (Lipinski definition) is 1. The maximum atomic E-state index is 10.7. The fraction of sp³-hybridized carbons (Fsp3) is 0. The molecule has 0 spiro atoms. The molecule has 1 N–H and O–H groups in total. The largest absolute Gasteiger partial charge is 0.476 e. The van der Waals surface area contributed by atoms with E-state index in [0.29, 0.717) is 9.99 Å². The number of carbonyl (C=O) groups is 1. The SMILES string of the molecule is O=C(O)c1nccn2ncc(Br)c12. The van der Waals surface area contributed by atoms with E-state index in [2.05, 4.69) is 26.0 Å². The van der Waals surface area contributed by atoms with Crippen LogP contribution in [0.15, 0.2) is 23.1 Å². The van der Waals surface area contributed by atoms with Gasteiger partial charge in [0.15, 0.2) is 5.69 Å². The van der Waals surface area contributed by atoms with Crippen molar-refractivity contribution in [3.63, 3.8) is 0 Å². The average Bonchev–Trinajstić information content (AvgIpc) is 2.48. The summed E-state index contributed by atoms with van der Waals surface area (Å²) in [6.07, 6.45) is 4.52. The normalized spacial score (nSPS) is 10.5. The lowest BCUT2D eigenvalue weighted by molar-refractivity contribution is 0.0692. The number of carboxylic acids is 1. The van der Waals surface area contributed by atoms with Crippen LogP contribution in [0.1, 0.15) is 10.5 Å². The van der Waals surface area contributed by atoms with E-state index < -0.39 is 5.97 Å². The highest BCUT2D eigenvalue weighted by molar-refractivity contribution is 9.10. The molecule has 66 valence electrons. The predicted octanol–water partition coefficient (Wildman–Crippen LogP) is 1.19. The van der Waals surface area contributed by atoms with Crippen LogP contribution in [0, 0.1) is 0 Å². The van der Waals surface area contributed by atoms with E-state index in [-0.39, 0.29) is 5.69 Å². The molecule has 13 heavy (non-hydrogen) atoms. The molecule has 0 atom stereocenters. The number of halogens is 1. The van der Waals surface area contributed by atoms with E-state index >= 15 is 0 Å². The molecule has 2 rings (SSSR count). The molecular weight excluding hydrogens is 238 g/mol. The monoisotopic (exact) mass is 241 g/mol. The number of aromatic nitrogens is 3. The van der Waals surface area contributed by atoms with Crippen LogP contribution >= 0.6 is 15.9 Å². The van der Waals surface area contributed by atoms with Crippen LogP contribution in [0.2, 0.25) is 0 Å². The summed E-state index contributed by atoms with van der Waals surface area (Å²) >= 11 is 3.20. The minimum atomic E-state index is -1.06. The second kappa shape index (κ2) is 2.81. The van der Waals surface area contributed by atoms with Gasteiger partial charge in [-0.2, -0.15) is 5.10 Å². The van der Waals surface area contributed by atoms with Gasteiger partial charge in [0.1, 0.15) is 5.52 Å². The summed E-state index contributed by atoms with van der Waals surface area (Å²) in [5, 5.41) is 12.7. The average molecular weight is 242 g/mol. The van der Waals surface area contributed by atoms with Gasteiger partial charge >= 0.3 is 5.97 Å². The maximum absolute atomic E-state index is 10.7. The maximum Gasteiger partial charge on any atom is 0.356 e. The van der Waals surface area contributed by atoms with Crippen LogP contribution in [0.25, 0.3) is 5.52 Å². The molecule has 2 aromatic rings. The first-order valence-corrected chi connectivity index (χ1v) is 4.20. The van der Waals surface area contributed by atoms with Crippen molar-refractivity contribution < 1.29 is 9.90 Å². The predicted molar refractivity (Wildman–Crippen MR) is 47.6 cm³/mol. The van der Waals surface area contributed by atoms with Gasteiger partial charge in [-0.1, -0.05) is 0 Å². The Bertz CT molecular complexity index is 480. The second-order valence-corrected chi connectivity index (χ2v) is 3.22. The Morgan fingerprint density at radius 3 is 3.08 bits per heavy atom. The van der Waals surface area contributed by atoms with Crippen LogP contribution in [-0.2, 0) is 0 Å². The molecule has 6 heteroatoms. The second-order valence-electron chi connectivity index (χ2n) is 2.37. The van der Waals surface area contributed by atoms with Gasteiger partial charge in [-0.15, -0.1) is 0 Å². The summed E-state index contributed by atoms with van der Waals surface area (Å²) in [5.74, 6) is -1.06. The number of carboxylic acid groups (broad SMARTS) is 1. The van der Waals surface area contributed by atoms with E-state index in [1.54, 1.807) is 6.20 Å². The van der Waals surface area contributed by atoms with Crippen molar-refractivity contribution in [2.45, 2.75) is 0 Å². The molecule has 0 aliphatic heterocycles. The Morgan fingerprint density at radius 2 is 2.38 bits per heavy atom. The van der Waals surface area contributed by atoms with E-state index in [1.165, 1.54) is 16.9 Å². The van der Waals surface area contributed by atoms with Crippen LogP contribution in [0.4, 0.5) is 0 Å². The quantitative estimate of drug-likeness (QED) is 0.815. The number of rotatable bonds is 1. The van der Waals surface area contributed by atoms with Crippen LogP contribution in [0.3, 0.4) is 0 Å². The molecule has 2 heterocycles. The fourth-order valence-corrected chi connectivity index (χ4v) is 1.53. The third-order valence-electron chi connectivity index (χ3n) is 1.59. The van der Waals surface area contributed by atoms with E-state index in [4.69, 9.17) is 5.11 Å². The third kappa shape index (κ3) is 1.19. The van der Waals surface area contributed by atoms with Gasteiger partial charge in [0, 0.05) is 12.4 Å². The highest BCUT2D eigenvalue weighted by atomic mass is 79.9. The molecule has 5 nitrogen and oxygen atoms in total. The van der Waals surface area contributed by atoms with Gasteiger partial charge in [0.2, 0.25) is 0 Å². The molecule has 0 aliphatic rings. The first-order valence-electron chi connectivity index (χ1n) is 3.41. The zero-order valence-corrected chi connectivity index (χ0v) is 7.89. The molecule has 0 fully saturated rings. The standard InChI is InChI=1S/C7H4BrN3O2/c8-4-3-10-11-2-1-9-5(6(4)11)7(12)13/h1-3H,(H,12,13). The topological polar surface area (TPSA) is 67.5 Å². The molecular formula is C7H4BrN3O2. The summed E-state index contributed by atoms with van der Waals surface area (Å²) in [7, 11) is 0. The number of nitrogens with zero attached hydrogens (tertiary/aromatic N) is 3. The van der Waals surface area contributed by atoms with Gasteiger partial charge in [-0.05, 0) is 15.9 Å². The van der Waals surface area contributed by atoms with Crippen molar-refractivity contribution >= 4 is 27.4 Å².